The number of non-ortho nitro benzene ring substituents is 1. The van der Waals surface area contributed by atoms with E-state index in [4.69, 9.17) is 11.6 Å². The van der Waals surface area contributed by atoms with Crippen molar-refractivity contribution in [2.45, 2.75) is 6.42 Å². The predicted molar refractivity (Wildman–Crippen MR) is 97.1 cm³/mol. The van der Waals surface area contributed by atoms with E-state index in [0.29, 0.717) is 0 Å². The minimum absolute atomic E-state index is 0.0175. The molecule has 3 N–H and O–H groups in total. The first-order valence-electron chi connectivity index (χ1n) is 7.75. The molecule has 0 bridgehead atoms. The van der Waals surface area contributed by atoms with Crippen LogP contribution in [0.25, 0.3) is 0 Å². The van der Waals surface area contributed by atoms with Crippen molar-refractivity contribution >= 4 is 35.0 Å². The molecule has 10 heteroatoms. The molecule has 9 nitrogen and oxygen atoms in total. The van der Waals surface area contributed by atoms with Gasteiger partial charge < -0.3 is 5.32 Å². The number of carbonyl (C=O) groups excluding carboxylic acids is 3. The van der Waals surface area contributed by atoms with E-state index in [2.05, 4.69) is 16.2 Å². The molecule has 27 heavy (non-hydrogen) atoms. The van der Waals surface area contributed by atoms with Crippen LogP contribution in [-0.2, 0) is 4.79 Å². The van der Waals surface area contributed by atoms with Crippen molar-refractivity contribution in [2.75, 3.05) is 6.54 Å². The van der Waals surface area contributed by atoms with Crippen molar-refractivity contribution in [3.05, 3.63) is 74.8 Å². The summed E-state index contributed by atoms with van der Waals surface area (Å²) in [5.74, 6) is -1.55. The summed E-state index contributed by atoms with van der Waals surface area (Å²) in [6, 6.07) is 11.4. The van der Waals surface area contributed by atoms with E-state index in [1.165, 1.54) is 30.3 Å². The smallest absolute Gasteiger partial charge is 0.271 e. The molecule has 0 spiro atoms. The Bertz CT molecular complexity index is 870. The topological polar surface area (TPSA) is 130 Å². The minimum atomic E-state index is -0.567. The molecule has 0 aromatic heterocycles. The van der Waals surface area contributed by atoms with Gasteiger partial charge >= 0.3 is 0 Å². The Morgan fingerprint density at radius 1 is 0.963 bits per heavy atom. The first-order valence-corrected chi connectivity index (χ1v) is 8.12. The fraction of sp³-hybridized carbons (Fsp3) is 0.118. The third-order valence-corrected chi connectivity index (χ3v) is 3.74. The fourth-order valence-electron chi connectivity index (χ4n) is 2.03. The van der Waals surface area contributed by atoms with E-state index >= 15 is 0 Å². The summed E-state index contributed by atoms with van der Waals surface area (Å²) in [6.45, 7) is 0.0175. The Morgan fingerprint density at radius 2 is 1.63 bits per heavy atom. The van der Waals surface area contributed by atoms with Crippen LogP contribution in [0, 0.1) is 10.1 Å². The number of rotatable bonds is 6. The quantitative estimate of drug-likeness (QED) is 0.511. The predicted octanol–water partition coefficient (Wildman–Crippen LogP) is 1.83. The molecule has 0 unspecified atom stereocenters. The molecular weight excluding hydrogens is 376 g/mol. The molecule has 0 saturated heterocycles. The van der Waals surface area contributed by atoms with Crippen LogP contribution in [0.15, 0.2) is 48.5 Å². The maximum Gasteiger partial charge on any atom is 0.271 e. The first-order chi connectivity index (χ1) is 12.9. The van der Waals surface area contributed by atoms with Crippen LogP contribution in [0.2, 0.25) is 5.02 Å². The van der Waals surface area contributed by atoms with Crippen molar-refractivity contribution in [3.8, 4) is 0 Å². The second kappa shape index (κ2) is 9.30. The van der Waals surface area contributed by atoms with E-state index in [1.54, 1.807) is 18.2 Å². The Morgan fingerprint density at radius 3 is 2.26 bits per heavy atom. The van der Waals surface area contributed by atoms with Gasteiger partial charge in [-0.25, -0.2) is 0 Å². The van der Waals surface area contributed by atoms with Crippen LogP contribution in [0.3, 0.4) is 0 Å². The summed E-state index contributed by atoms with van der Waals surface area (Å²) in [6.07, 6.45) is -0.0818. The zero-order valence-corrected chi connectivity index (χ0v) is 14.7. The highest BCUT2D eigenvalue weighted by Crippen LogP contribution is 2.14. The van der Waals surface area contributed by atoms with Crippen molar-refractivity contribution in [1.29, 1.82) is 0 Å². The van der Waals surface area contributed by atoms with E-state index in [1.807, 2.05) is 0 Å². The summed E-state index contributed by atoms with van der Waals surface area (Å²) in [5.41, 5.74) is 4.76. The van der Waals surface area contributed by atoms with Gasteiger partial charge in [0.25, 0.3) is 17.5 Å². The van der Waals surface area contributed by atoms with Gasteiger partial charge in [0.05, 0.1) is 15.5 Å². The molecule has 2 aromatic rings. The number of nitrogens with zero attached hydrogens (tertiary/aromatic N) is 1. The van der Waals surface area contributed by atoms with Gasteiger partial charge in [0.2, 0.25) is 5.91 Å². The minimum Gasteiger partial charge on any atom is -0.352 e. The lowest BCUT2D eigenvalue weighted by atomic mass is 10.2. The molecule has 140 valence electrons. The lowest BCUT2D eigenvalue weighted by Gasteiger charge is -2.09. The number of benzene rings is 2. The van der Waals surface area contributed by atoms with E-state index < -0.39 is 22.6 Å². The molecule has 0 radical (unpaired) electrons. The lowest BCUT2D eigenvalue weighted by molar-refractivity contribution is -0.384. The Hall–Kier alpha value is -3.46. The highest BCUT2D eigenvalue weighted by molar-refractivity contribution is 6.33. The van der Waals surface area contributed by atoms with Gasteiger partial charge in [-0.1, -0.05) is 23.7 Å². The molecule has 0 heterocycles. The molecule has 0 aliphatic rings. The summed E-state index contributed by atoms with van der Waals surface area (Å²) in [5, 5.41) is 13.3. The molecule has 0 saturated carbocycles. The van der Waals surface area contributed by atoms with Gasteiger partial charge in [0.15, 0.2) is 0 Å². The number of nitro benzene ring substituents is 1. The summed E-state index contributed by atoms with van der Waals surface area (Å²) < 4.78 is 0. The first kappa shape index (κ1) is 19.9. The molecule has 3 amide bonds. The molecule has 0 fully saturated rings. The Balaban J connectivity index is 1.74. The van der Waals surface area contributed by atoms with Gasteiger partial charge in [0, 0.05) is 30.7 Å². The maximum absolute atomic E-state index is 11.9. The summed E-state index contributed by atoms with van der Waals surface area (Å²) >= 11 is 5.88. The van der Waals surface area contributed by atoms with Crippen LogP contribution in [0.1, 0.15) is 27.1 Å². The second-order valence-corrected chi connectivity index (χ2v) is 5.70. The van der Waals surface area contributed by atoms with Crippen LogP contribution in [0.4, 0.5) is 5.69 Å². The zero-order valence-electron chi connectivity index (χ0n) is 13.9. The van der Waals surface area contributed by atoms with E-state index in [0.717, 1.165) is 0 Å². The van der Waals surface area contributed by atoms with Crippen molar-refractivity contribution in [2.24, 2.45) is 0 Å². The number of hydrogen-bond acceptors (Lipinski definition) is 5. The van der Waals surface area contributed by atoms with Gasteiger partial charge in [0.1, 0.15) is 0 Å². The monoisotopic (exact) mass is 390 g/mol. The van der Waals surface area contributed by atoms with Crippen LogP contribution < -0.4 is 16.2 Å². The molecule has 2 rings (SSSR count). The number of hydrogen-bond donors (Lipinski definition) is 3. The van der Waals surface area contributed by atoms with Gasteiger partial charge in [-0.2, -0.15) is 0 Å². The number of halogens is 1. The van der Waals surface area contributed by atoms with Gasteiger partial charge in [-0.15, -0.1) is 0 Å². The molecule has 0 aliphatic heterocycles. The third-order valence-electron chi connectivity index (χ3n) is 3.41. The molecular formula is C17H15ClN4O5. The van der Waals surface area contributed by atoms with Gasteiger partial charge in [-0.3, -0.25) is 35.3 Å². The van der Waals surface area contributed by atoms with Crippen molar-refractivity contribution in [1.82, 2.24) is 16.2 Å². The highest BCUT2D eigenvalue weighted by atomic mass is 35.5. The number of carbonyl (C=O) groups is 3. The van der Waals surface area contributed by atoms with Crippen molar-refractivity contribution < 1.29 is 19.3 Å². The maximum atomic E-state index is 11.9. The van der Waals surface area contributed by atoms with Crippen LogP contribution >= 0.6 is 11.6 Å². The molecule has 0 aliphatic carbocycles. The van der Waals surface area contributed by atoms with Crippen LogP contribution in [-0.4, -0.2) is 29.2 Å². The SMILES string of the molecule is O=C(CCNC(=O)c1ccc([N+](=O)[O-])cc1)NNC(=O)c1ccccc1Cl. The molecule has 0 atom stereocenters. The fourth-order valence-corrected chi connectivity index (χ4v) is 2.25. The van der Waals surface area contributed by atoms with Crippen LogP contribution in [0.5, 0.6) is 0 Å². The zero-order chi connectivity index (χ0) is 19.8. The largest absolute Gasteiger partial charge is 0.352 e. The second-order valence-electron chi connectivity index (χ2n) is 5.29. The van der Waals surface area contributed by atoms with Crippen molar-refractivity contribution in [3.63, 3.8) is 0 Å². The number of nitro groups is 1. The number of nitrogens with one attached hydrogen (secondary N) is 3. The lowest BCUT2D eigenvalue weighted by Crippen LogP contribution is -2.42. The number of hydrazine groups is 1. The molecule has 2 aromatic carbocycles. The Kier molecular flexibility index (Phi) is 6.84. The van der Waals surface area contributed by atoms with E-state index in [-0.39, 0.29) is 34.8 Å². The average Bonchev–Trinajstić information content (AvgIpc) is 2.66. The normalized spacial score (nSPS) is 9.96. The summed E-state index contributed by atoms with van der Waals surface area (Å²) in [7, 11) is 0. The van der Waals surface area contributed by atoms with Gasteiger partial charge in [-0.05, 0) is 24.3 Å². The highest BCUT2D eigenvalue weighted by Gasteiger charge is 2.12. The summed E-state index contributed by atoms with van der Waals surface area (Å²) in [4.78, 5) is 45.5. The number of amides is 3. The Labute approximate surface area is 158 Å². The third kappa shape index (κ3) is 5.79. The standard InChI is InChI=1S/C17H15ClN4O5/c18-14-4-2-1-3-13(14)17(25)21-20-15(23)9-10-19-16(24)11-5-7-12(8-6-11)22(26)27/h1-8H,9-10H2,(H,19,24)(H,20,23)(H,21,25). The van der Waals surface area contributed by atoms with E-state index in [9.17, 15) is 24.5 Å². The average molecular weight is 391 g/mol.